The molecule has 0 fully saturated rings. The number of nitrogens with zero attached hydrogens (tertiary/aromatic N) is 2. The van der Waals surface area contributed by atoms with Crippen LogP contribution in [0.25, 0.3) is 10.2 Å². The van der Waals surface area contributed by atoms with E-state index < -0.39 is 21.5 Å². The third-order valence-electron chi connectivity index (χ3n) is 4.25. The van der Waals surface area contributed by atoms with Gasteiger partial charge < -0.3 is 4.57 Å². The van der Waals surface area contributed by atoms with Gasteiger partial charge in [-0.05, 0) is 56.2 Å². The topological polar surface area (TPSA) is 68.5 Å². The summed E-state index contributed by atoms with van der Waals surface area (Å²) in [5, 5.41) is 0. The molecule has 0 aliphatic carbocycles. The number of amides is 1. The van der Waals surface area contributed by atoms with E-state index in [9.17, 15) is 13.2 Å². The van der Waals surface area contributed by atoms with Crippen LogP contribution < -0.4 is 4.80 Å². The molecule has 136 valence electrons. The first-order valence-corrected chi connectivity index (χ1v) is 10.7. The molecule has 0 N–H and O–H groups in total. The van der Waals surface area contributed by atoms with Crippen molar-refractivity contribution < 1.29 is 13.2 Å². The number of rotatable bonds is 4. The predicted molar refractivity (Wildman–Crippen MR) is 104 cm³/mol. The largest absolute Gasteiger partial charge is 0.317 e. The lowest BCUT2D eigenvalue weighted by molar-refractivity contribution is -0.115. The summed E-state index contributed by atoms with van der Waals surface area (Å²) >= 11 is 1.40. The van der Waals surface area contributed by atoms with Gasteiger partial charge in [-0.1, -0.05) is 29.5 Å². The summed E-state index contributed by atoms with van der Waals surface area (Å²) in [5.74, 6) is -1.29. The highest BCUT2D eigenvalue weighted by atomic mass is 32.2. The van der Waals surface area contributed by atoms with Crippen molar-refractivity contribution >= 4 is 37.3 Å². The second kappa shape index (κ2) is 7.17. The Kier molecular flexibility index (Phi) is 5.11. The monoisotopic (exact) mass is 388 g/mol. The van der Waals surface area contributed by atoms with Gasteiger partial charge in [-0.15, -0.1) is 0 Å². The Morgan fingerprint density at radius 2 is 1.77 bits per heavy atom. The second-order valence-corrected chi connectivity index (χ2v) is 9.11. The van der Waals surface area contributed by atoms with Crippen molar-refractivity contribution in [3.63, 3.8) is 0 Å². The van der Waals surface area contributed by atoms with Crippen LogP contribution in [0.4, 0.5) is 0 Å². The van der Waals surface area contributed by atoms with E-state index in [1.165, 1.54) is 34.6 Å². The highest BCUT2D eigenvalue weighted by Crippen LogP contribution is 2.22. The van der Waals surface area contributed by atoms with Gasteiger partial charge in [0.2, 0.25) is 0 Å². The molecule has 26 heavy (non-hydrogen) atoms. The summed E-state index contributed by atoms with van der Waals surface area (Å²) in [6.45, 7) is 6.71. The summed E-state index contributed by atoms with van der Waals surface area (Å²) < 4.78 is 27.7. The van der Waals surface area contributed by atoms with Gasteiger partial charge in [0.1, 0.15) is 5.75 Å². The molecule has 3 aromatic rings. The Hall–Kier alpha value is -2.25. The van der Waals surface area contributed by atoms with E-state index in [1.807, 2.05) is 25.3 Å². The highest BCUT2D eigenvalue weighted by Gasteiger charge is 2.19. The van der Waals surface area contributed by atoms with E-state index in [-0.39, 0.29) is 4.90 Å². The van der Waals surface area contributed by atoms with Gasteiger partial charge in [-0.2, -0.15) is 4.99 Å². The molecule has 0 spiro atoms. The number of fused-ring (bicyclic) bond motifs is 1. The van der Waals surface area contributed by atoms with Crippen molar-refractivity contribution in [2.75, 3.05) is 5.75 Å². The molecule has 3 rings (SSSR count). The molecule has 0 atom stereocenters. The number of aryl methyl sites for hydroxylation is 3. The van der Waals surface area contributed by atoms with Gasteiger partial charge in [0, 0.05) is 6.54 Å². The maximum Gasteiger partial charge on any atom is 0.263 e. The zero-order valence-corrected chi connectivity index (χ0v) is 16.5. The van der Waals surface area contributed by atoms with Gasteiger partial charge in [-0.3, -0.25) is 4.79 Å². The number of benzene rings is 2. The minimum Gasteiger partial charge on any atom is -0.317 e. The van der Waals surface area contributed by atoms with Gasteiger partial charge in [0.25, 0.3) is 5.91 Å². The van der Waals surface area contributed by atoms with Crippen LogP contribution in [0.2, 0.25) is 0 Å². The zero-order chi connectivity index (χ0) is 18.9. The molecule has 0 saturated heterocycles. The molecule has 0 aliphatic heterocycles. The van der Waals surface area contributed by atoms with Crippen molar-refractivity contribution in [1.82, 2.24) is 4.57 Å². The number of carbonyl (C=O) groups is 1. The average Bonchev–Trinajstić information content (AvgIpc) is 2.91. The molecule has 0 radical (unpaired) electrons. The minimum atomic E-state index is -3.69. The van der Waals surface area contributed by atoms with E-state index in [0.717, 1.165) is 10.2 Å². The Bertz CT molecular complexity index is 1140. The summed E-state index contributed by atoms with van der Waals surface area (Å²) in [7, 11) is -3.69. The molecule has 0 unspecified atom stereocenters. The van der Waals surface area contributed by atoms with Gasteiger partial charge in [0.15, 0.2) is 14.6 Å². The fourth-order valence-corrected chi connectivity index (χ4v) is 5.04. The zero-order valence-electron chi connectivity index (χ0n) is 14.9. The van der Waals surface area contributed by atoms with Crippen LogP contribution in [-0.2, 0) is 21.2 Å². The quantitative estimate of drug-likeness (QED) is 0.689. The van der Waals surface area contributed by atoms with Gasteiger partial charge >= 0.3 is 0 Å². The number of aromatic nitrogens is 1. The van der Waals surface area contributed by atoms with Crippen LogP contribution in [0.3, 0.4) is 0 Å². The van der Waals surface area contributed by atoms with Crippen LogP contribution in [0.15, 0.2) is 52.4 Å². The van der Waals surface area contributed by atoms with Crippen LogP contribution >= 0.6 is 11.3 Å². The second-order valence-electron chi connectivity index (χ2n) is 6.11. The minimum absolute atomic E-state index is 0.134. The number of sulfone groups is 1. The van der Waals surface area contributed by atoms with E-state index in [0.29, 0.717) is 11.3 Å². The van der Waals surface area contributed by atoms with Crippen LogP contribution in [0.5, 0.6) is 0 Å². The smallest absolute Gasteiger partial charge is 0.263 e. The van der Waals surface area contributed by atoms with E-state index in [4.69, 9.17) is 0 Å². The summed E-state index contributed by atoms with van der Waals surface area (Å²) in [4.78, 5) is 17.1. The SMILES string of the molecule is CCn1c(=NC(=O)CS(=O)(=O)c2ccccc2)sc2cc(C)c(C)cc21. The Morgan fingerprint density at radius 1 is 1.12 bits per heavy atom. The molecule has 7 heteroatoms. The van der Waals surface area contributed by atoms with Crippen molar-refractivity contribution in [3.8, 4) is 0 Å². The molecular weight excluding hydrogens is 368 g/mol. The number of hydrogen-bond donors (Lipinski definition) is 0. The number of thiazole rings is 1. The molecule has 1 heterocycles. The number of hydrogen-bond acceptors (Lipinski definition) is 4. The fourth-order valence-electron chi connectivity index (χ4n) is 2.73. The summed E-state index contributed by atoms with van der Waals surface area (Å²) in [6, 6.07) is 12.1. The van der Waals surface area contributed by atoms with Crippen LogP contribution in [0.1, 0.15) is 18.1 Å². The molecule has 0 saturated carbocycles. The summed E-state index contributed by atoms with van der Waals surface area (Å²) in [6.07, 6.45) is 0. The maximum absolute atomic E-state index is 12.4. The first-order valence-electron chi connectivity index (χ1n) is 8.28. The summed E-state index contributed by atoms with van der Waals surface area (Å²) in [5.41, 5.74) is 3.35. The van der Waals surface area contributed by atoms with Gasteiger partial charge in [-0.25, -0.2) is 8.42 Å². The first-order chi connectivity index (χ1) is 12.3. The lowest BCUT2D eigenvalue weighted by Crippen LogP contribution is -2.20. The molecule has 5 nitrogen and oxygen atoms in total. The van der Waals surface area contributed by atoms with E-state index in [1.54, 1.807) is 18.2 Å². The lowest BCUT2D eigenvalue weighted by atomic mass is 10.1. The fraction of sp³-hybridized carbons (Fsp3) is 0.263. The standard InChI is InChI=1S/C19H20N2O3S2/c1-4-21-16-10-13(2)14(3)11-17(16)25-19(21)20-18(22)12-26(23,24)15-8-6-5-7-9-15/h5-11H,4,12H2,1-3H3. The van der Waals surface area contributed by atoms with E-state index >= 15 is 0 Å². The Balaban J connectivity index is 2.01. The Labute approximate surface area is 156 Å². The molecule has 2 aromatic carbocycles. The molecule has 0 aliphatic rings. The predicted octanol–water partition coefficient (Wildman–Crippen LogP) is 3.24. The third-order valence-corrected chi connectivity index (χ3v) is 6.91. The van der Waals surface area contributed by atoms with Crippen molar-refractivity contribution in [2.45, 2.75) is 32.2 Å². The van der Waals surface area contributed by atoms with E-state index in [2.05, 4.69) is 17.1 Å². The van der Waals surface area contributed by atoms with Crippen LogP contribution in [-0.4, -0.2) is 24.6 Å². The Morgan fingerprint density at radius 3 is 2.42 bits per heavy atom. The molecule has 1 amide bonds. The third kappa shape index (κ3) is 3.64. The average molecular weight is 389 g/mol. The number of carbonyl (C=O) groups excluding carboxylic acids is 1. The normalized spacial score (nSPS) is 12.7. The van der Waals surface area contributed by atoms with Crippen molar-refractivity contribution in [2.24, 2.45) is 4.99 Å². The van der Waals surface area contributed by atoms with Gasteiger partial charge in [0.05, 0.1) is 15.1 Å². The van der Waals surface area contributed by atoms with Crippen molar-refractivity contribution in [1.29, 1.82) is 0 Å². The molecule has 0 bridgehead atoms. The molecular formula is C19H20N2O3S2. The maximum atomic E-state index is 12.4. The molecule has 1 aromatic heterocycles. The highest BCUT2D eigenvalue weighted by molar-refractivity contribution is 7.92. The first kappa shape index (κ1) is 18.5. The van der Waals surface area contributed by atoms with Crippen molar-refractivity contribution in [3.05, 3.63) is 58.4 Å². The van der Waals surface area contributed by atoms with Crippen LogP contribution in [0, 0.1) is 13.8 Å². The lowest BCUT2D eigenvalue weighted by Gasteiger charge is -2.03.